The summed E-state index contributed by atoms with van der Waals surface area (Å²) < 4.78 is 0.580. The normalized spacial score (nSPS) is 14.1. The van der Waals surface area contributed by atoms with E-state index in [9.17, 15) is 4.79 Å². The predicted molar refractivity (Wildman–Crippen MR) is 118 cm³/mol. The number of halogens is 1. The predicted octanol–water partition coefficient (Wildman–Crippen LogP) is 3.35. The van der Waals surface area contributed by atoms with Gasteiger partial charge in [0, 0.05) is 11.8 Å². The Labute approximate surface area is 176 Å². The molecule has 1 saturated heterocycles. The van der Waals surface area contributed by atoms with Crippen LogP contribution in [0.1, 0.15) is 35.3 Å². The molecule has 0 aromatic carbocycles. The summed E-state index contributed by atoms with van der Waals surface area (Å²) in [6.45, 7) is 2.64. The van der Waals surface area contributed by atoms with Crippen molar-refractivity contribution >= 4 is 56.8 Å². The Morgan fingerprint density at radius 1 is 1.28 bits per heavy atom. The molecule has 0 amide bonds. The Morgan fingerprint density at radius 3 is 2.66 bits per heavy atom. The summed E-state index contributed by atoms with van der Waals surface area (Å²) in [5, 5.41) is 11.0. The van der Waals surface area contributed by atoms with Gasteiger partial charge in [0.15, 0.2) is 6.29 Å². The zero-order valence-corrected chi connectivity index (χ0v) is 17.7. The Hall–Kier alpha value is -2.85. The Morgan fingerprint density at radius 2 is 2.03 bits per heavy atom. The van der Waals surface area contributed by atoms with Crippen molar-refractivity contribution in [1.82, 2.24) is 24.8 Å². The van der Waals surface area contributed by atoms with Gasteiger partial charge in [0.05, 0.1) is 27.4 Å². The van der Waals surface area contributed by atoms with Crippen LogP contribution < -0.4 is 11.1 Å². The second-order valence-electron chi connectivity index (χ2n) is 6.75. The molecule has 5 N–H and O–H groups in total. The van der Waals surface area contributed by atoms with Gasteiger partial charge in [-0.15, -0.1) is 0 Å². The van der Waals surface area contributed by atoms with Gasteiger partial charge >= 0.3 is 0 Å². The van der Waals surface area contributed by atoms with E-state index in [1.54, 1.807) is 6.07 Å². The lowest BCUT2D eigenvalue weighted by Crippen LogP contribution is -2.24. The number of hydrogen-bond donors (Lipinski definition) is 4. The van der Waals surface area contributed by atoms with Crippen LogP contribution in [0.25, 0.3) is 11.0 Å². The zero-order valence-electron chi connectivity index (χ0n) is 16.1. The van der Waals surface area contributed by atoms with E-state index >= 15 is 0 Å². The molecule has 4 heterocycles. The number of nitrogens with two attached hydrogens (primary N) is 1. The minimum atomic E-state index is 0.277. The molecule has 3 aromatic rings. The number of rotatable bonds is 4. The lowest BCUT2D eigenvalue weighted by molar-refractivity contribution is 0.111. The van der Waals surface area contributed by atoms with Crippen molar-refractivity contribution in [3.63, 3.8) is 0 Å². The molecule has 0 radical (unpaired) electrons. The largest absolute Gasteiger partial charge is 0.383 e. The summed E-state index contributed by atoms with van der Waals surface area (Å²) in [5.41, 5.74) is 7.69. The maximum atomic E-state index is 11.0. The van der Waals surface area contributed by atoms with Crippen molar-refractivity contribution in [3.8, 4) is 0 Å². The van der Waals surface area contributed by atoms with E-state index in [1.807, 2.05) is 0 Å². The summed E-state index contributed by atoms with van der Waals surface area (Å²) in [6.07, 6.45) is 9.02. The van der Waals surface area contributed by atoms with Gasteiger partial charge in [-0.2, -0.15) is 0 Å². The SMILES string of the molecule is CN1CCCCC1.N=Cc1cc(Nc2ncnc3[nH]c(C=O)c(Br)c23)cnc1N. The van der Waals surface area contributed by atoms with Crippen molar-refractivity contribution in [1.29, 1.82) is 5.41 Å². The zero-order chi connectivity index (χ0) is 20.8. The van der Waals surface area contributed by atoms with Crippen molar-refractivity contribution in [3.05, 3.63) is 34.3 Å². The van der Waals surface area contributed by atoms with E-state index in [1.165, 1.54) is 44.9 Å². The first kappa shape index (κ1) is 20.9. The number of hydrogen-bond acceptors (Lipinski definition) is 8. The topological polar surface area (TPSA) is 137 Å². The first-order valence-electron chi connectivity index (χ1n) is 9.22. The fourth-order valence-corrected chi connectivity index (χ4v) is 3.61. The second kappa shape index (κ2) is 9.57. The van der Waals surface area contributed by atoms with Crippen molar-refractivity contribution in [2.75, 3.05) is 31.2 Å². The number of carbonyl (C=O) groups excluding carboxylic acids is 1. The molecule has 4 rings (SSSR count). The third-order valence-electron chi connectivity index (χ3n) is 4.62. The summed E-state index contributed by atoms with van der Waals surface area (Å²) in [6, 6.07) is 1.68. The summed E-state index contributed by atoms with van der Waals surface area (Å²) in [7, 11) is 2.19. The molecule has 0 atom stereocenters. The van der Waals surface area contributed by atoms with Gasteiger partial charge in [-0.3, -0.25) is 4.79 Å². The molecule has 10 heteroatoms. The molecule has 9 nitrogen and oxygen atoms in total. The van der Waals surface area contributed by atoms with E-state index in [0.29, 0.717) is 44.6 Å². The monoisotopic (exact) mass is 458 g/mol. The van der Waals surface area contributed by atoms with E-state index in [4.69, 9.17) is 11.1 Å². The first-order valence-corrected chi connectivity index (χ1v) is 10.0. The van der Waals surface area contributed by atoms with E-state index < -0.39 is 0 Å². The highest BCUT2D eigenvalue weighted by Gasteiger charge is 2.15. The highest BCUT2D eigenvalue weighted by Crippen LogP contribution is 2.32. The first-order chi connectivity index (χ1) is 14.0. The van der Waals surface area contributed by atoms with E-state index in [2.05, 4.69) is 53.1 Å². The molecule has 0 aliphatic carbocycles. The number of nitrogens with zero attached hydrogens (tertiary/aromatic N) is 4. The third-order valence-corrected chi connectivity index (χ3v) is 5.45. The van der Waals surface area contributed by atoms with Crippen LogP contribution in [0.15, 0.2) is 23.1 Å². The molecule has 0 spiro atoms. The number of fused-ring (bicyclic) bond motifs is 1. The quantitative estimate of drug-likeness (QED) is 0.347. The highest BCUT2D eigenvalue weighted by molar-refractivity contribution is 9.10. The maximum Gasteiger partial charge on any atom is 0.167 e. The fourth-order valence-electron chi connectivity index (χ4n) is 3.05. The molecule has 0 bridgehead atoms. The van der Waals surface area contributed by atoms with Crippen LogP contribution in [0.3, 0.4) is 0 Å². The molecule has 1 aliphatic heterocycles. The number of nitrogens with one attached hydrogen (secondary N) is 3. The summed E-state index contributed by atoms with van der Waals surface area (Å²) in [5.74, 6) is 0.781. The van der Waals surface area contributed by atoms with Crippen LogP contribution in [0.2, 0.25) is 0 Å². The Bertz CT molecular complexity index is 1010. The number of H-pyrrole nitrogens is 1. The molecule has 3 aromatic heterocycles. The molecule has 29 heavy (non-hydrogen) atoms. The smallest absolute Gasteiger partial charge is 0.167 e. The number of nitrogen functional groups attached to an aromatic ring is 1. The minimum Gasteiger partial charge on any atom is -0.383 e. The number of aromatic amines is 1. The van der Waals surface area contributed by atoms with Gasteiger partial charge in [-0.1, -0.05) is 6.42 Å². The van der Waals surface area contributed by atoms with Gasteiger partial charge in [-0.05, 0) is 55.0 Å². The van der Waals surface area contributed by atoms with E-state index in [0.717, 1.165) is 6.21 Å². The number of anilines is 3. The maximum absolute atomic E-state index is 11.0. The molecule has 0 unspecified atom stereocenters. The second-order valence-corrected chi connectivity index (χ2v) is 7.54. The van der Waals surface area contributed by atoms with Crippen LogP contribution in [-0.2, 0) is 0 Å². The van der Waals surface area contributed by atoms with Gasteiger partial charge in [0.25, 0.3) is 0 Å². The Kier molecular flexibility index (Phi) is 6.89. The molecule has 1 aliphatic rings. The van der Waals surface area contributed by atoms with Gasteiger partial charge in [-0.25, -0.2) is 15.0 Å². The fraction of sp³-hybridized carbons (Fsp3) is 0.316. The number of piperidine rings is 1. The number of likely N-dealkylation sites (tertiary alicyclic amines) is 1. The van der Waals surface area contributed by atoms with Crippen LogP contribution >= 0.6 is 15.9 Å². The van der Waals surface area contributed by atoms with Gasteiger partial charge in [0.1, 0.15) is 23.6 Å². The van der Waals surface area contributed by atoms with Crippen LogP contribution in [0.5, 0.6) is 0 Å². The number of pyridine rings is 1. The van der Waals surface area contributed by atoms with Crippen molar-refractivity contribution in [2.24, 2.45) is 0 Å². The summed E-state index contributed by atoms with van der Waals surface area (Å²) >= 11 is 3.36. The van der Waals surface area contributed by atoms with Crippen molar-refractivity contribution < 1.29 is 4.79 Å². The van der Waals surface area contributed by atoms with Crippen molar-refractivity contribution in [2.45, 2.75) is 19.3 Å². The summed E-state index contributed by atoms with van der Waals surface area (Å²) in [4.78, 5) is 28.6. The number of aromatic nitrogens is 4. The average molecular weight is 459 g/mol. The van der Waals surface area contributed by atoms with Crippen LogP contribution in [0.4, 0.5) is 17.3 Å². The van der Waals surface area contributed by atoms with Gasteiger partial charge < -0.3 is 26.3 Å². The highest BCUT2D eigenvalue weighted by atomic mass is 79.9. The molecule has 1 fully saturated rings. The lowest BCUT2D eigenvalue weighted by atomic mass is 10.1. The Balaban J connectivity index is 0.000000290. The average Bonchev–Trinajstić information content (AvgIpc) is 3.07. The molecular weight excluding hydrogens is 436 g/mol. The molecule has 152 valence electrons. The number of carbonyl (C=O) groups is 1. The third kappa shape index (κ3) is 4.96. The van der Waals surface area contributed by atoms with Crippen LogP contribution in [-0.4, -0.2) is 57.5 Å². The lowest BCUT2D eigenvalue weighted by Gasteiger charge is -2.20. The molecule has 0 saturated carbocycles. The minimum absolute atomic E-state index is 0.277. The van der Waals surface area contributed by atoms with Gasteiger partial charge in [0.2, 0.25) is 0 Å². The van der Waals surface area contributed by atoms with E-state index in [-0.39, 0.29) is 5.82 Å². The number of aldehydes is 1. The standard InChI is InChI=1S/C13H10BrN7O.C6H13N/c14-10-8(4-22)21-13-9(10)12(18-5-19-13)20-7-1-6(2-15)11(16)17-3-7;1-7-5-3-2-4-6-7/h1-5,15H,(H2,16,17)(H2,18,19,20,21);2-6H2,1H3. The molecular formula is C19H23BrN8O. The van der Waals surface area contributed by atoms with Crippen LogP contribution in [0, 0.1) is 5.41 Å².